The number of anilines is 1. The van der Waals surface area contributed by atoms with Crippen LogP contribution in [0.25, 0.3) is 0 Å². The molecule has 0 aromatic heterocycles. The van der Waals surface area contributed by atoms with E-state index in [2.05, 4.69) is 21.8 Å². The number of nitrogens with zero attached hydrogens (tertiary/aromatic N) is 1. The first-order chi connectivity index (χ1) is 19.1. The van der Waals surface area contributed by atoms with Crippen molar-refractivity contribution in [1.82, 2.24) is 4.72 Å². The summed E-state index contributed by atoms with van der Waals surface area (Å²) in [6, 6.07) is 11.2. The molecule has 40 heavy (non-hydrogen) atoms. The number of hydrogen-bond acceptors (Lipinski definition) is 7. The monoisotopic (exact) mass is 588 g/mol. The molecule has 2 aliphatic carbocycles. The lowest BCUT2D eigenvalue weighted by Crippen LogP contribution is -2.50. The fourth-order valence-electron chi connectivity index (χ4n) is 7.20. The third kappa shape index (κ3) is 5.45. The van der Waals surface area contributed by atoms with Crippen molar-refractivity contribution in [2.24, 2.45) is 11.8 Å². The first kappa shape index (κ1) is 27.8. The molecule has 0 saturated heterocycles. The van der Waals surface area contributed by atoms with Crippen molar-refractivity contribution in [3.05, 3.63) is 58.1 Å². The normalized spacial score (nSPS) is 32.1. The SMILES string of the molecule is O=C1NS(=O)(=O)CCC[C@H](O)C[C@H](O)[C@@H]2CC[C@H]2CN2C[C@@]3(CCCc4cc(Cl)ccc43)COc3ccc1cc32. The minimum atomic E-state index is -3.88. The molecule has 4 aliphatic rings. The van der Waals surface area contributed by atoms with Crippen LogP contribution in [0.15, 0.2) is 36.4 Å². The van der Waals surface area contributed by atoms with Gasteiger partial charge < -0.3 is 19.8 Å². The minimum Gasteiger partial charge on any atom is -0.490 e. The number of carbonyl (C=O) groups is 1. The van der Waals surface area contributed by atoms with Crippen LogP contribution in [0.3, 0.4) is 0 Å². The van der Waals surface area contributed by atoms with E-state index in [1.54, 1.807) is 18.2 Å². The Bertz CT molecular complexity index is 1400. The highest BCUT2D eigenvalue weighted by Crippen LogP contribution is 2.47. The minimum absolute atomic E-state index is 0.0544. The summed E-state index contributed by atoms with van der Waals surface area (Å²) in [7, 11) is -3.88. The Morgan fingerprint density at radius 3 is 2.73 bits per heavy atom. The summed E-state index contributed by atoms with van der Waals surface area (Å²) in [4.78, 5) is 15.4. The second-order valence-electron chi connectivity index (χ2n) is 12.1. The predicted molar refractivity (Wildman–Crippen MR) is 154 cm³/mol. The lowest BCUT2D eigenvalue weighted by Gasteiger charge is -2.46. The van der Waals surface area contributed by atoms with Crippen LogP contribution in [0.4, 0.5) is 5.69 Å². The Hall–Kier alpha value is -2.33. The second-order valence-corrected chi connectivity index (χ2v) is 14.4. The van der Waals surface area contributed by atoms with E-state index < -0.39 is 28.1 Å². The summed E-state index contributed by atoms with van der Waals surface area (Å²) < 4.78 is 33.9. The van der Waals surface area contributed by atoms with Gasteiger partial charge in [-0.05, 0) is 105 Å². The first-order valence-corrected chi connectivity index (χ1v) is 16.4. The predicted octanol–water partition coefficient (Wildman–Crippen LogP) is 3.80. The van der Waals surface area contributed by atoms with Gasteiger partial charge in [-0.15, -0.1) is 0 Å². The van der Waals surface area contributed by atoms with E-state index in [-0.39, 0.29) is 47.8 Å². The highest BCUT2D eigenvalue weighted by atomic mass is 35.5. The van der Waals surface area contributed by atoms with Crippen LogP contribution in [0.5, 0.6) is 5.75 Å². The molecule has 2 heterocycles. The van der Waals surface area contributed by atoms with E-state index >= 15 is 0 Å². The fraction of sp³-hybridized carbons (Fsp3) is 0.567. The molecule has 5 atom stereocenters. The van der Waals surface area contributed by atoms with Gasteiger partial charge in [0.1, 0.15) is 5.75 Å². The molecule has 10 heteroatoms. The molecule has 1 fully saturated rings. The Morgan fingerprint density at radius 1 is 1.07 bits per heavy atom. The van der Waals surface area contributed by atoms with E-state index in [9.17, 15) is 23.4 Å². The maximum atomic E-state index is 13.1. The summed E-state index contributed by atoms with van der Waals surface area (Å²) in [6.45, 7) is 1.82. The number of carbonyl (C=O) groups excluding carboxylic acids is 1. The molecular formula is C30H37ClN2O6S. The summed E-state index contributed by atoms with van der Waals surface area (Å²) >= 11 is 6.36. The van der Waals surface area contributed by atoms with Crippen molar-refractivity contribution >= 4 is 33.2 Å². The maximum Gasteiger partial charge on any atom is 0.264 e. The molecule has 0 radical (unpaired) electrons. The number of nitrogens with one attached hydrogen (secondary N) is 1. The number of ether oxygens (including phenoxy) is 1. The largest absolute Gasteiger partial charge is 0.490 e. The molecule has 1 saturated carbocycles. The van der Waals surface area contributed by atoms with Crippen LogP contribution in [0, 0.1) is 11.8 Å². The molecule has 3 N–H and O–H groups in total. The number of halogens is 1. The van der Waals surface area contributed by atoms with Gasteiger partial charge >= 0.3 is 0 Å². The summed E-state index contributed by atoms with van der Waals surface area (Å²) in [5.74, 6) is -0.0123. The van der Waals surface area contributed by atoms with Crippen molar-refractivity contribution in [2.75, 3.05) is 30.3 Å². The number of aliphatic hydroxyl groups is 2. The molecular weight excluding hydrogens is 552 g/mol. The zero-order chi connectivity index (χ0) is 28.1. The smallest absolute Gasteiger partial charge is 0.264 e. The van der Waals surface area contributed by atoms with Gasteiger partial charge in [-0.3, -0.25) is 4.79 Å². The summed E-state index contributed by atoms with van der Waals surface area (Å²) in [5, 5.41) is 22.3. The van der Waals surface area contributed by atoms with E-state index in [1.807, 2.05) is 6.07 Å². The molecule has 2 aliphatic heterocycles. The summed E-state index contributed by atoms with van der Waals surface area (Å²) in [5.41, 5.74) is 3.20. The number of aryl methyl sites for hydroxylation is 1. The topological polar surface area (TPSA) is 116 Å². The number of hydrogen-bond donors (Lipinski definition) is 3. The van der Waals surface area contributed by atoms with Crippen LogP contribution < -0.4 is 14.4 Å². The van der Waals surface area contributed by atoms with E-state index in [0.717, 1.165) is 42.8 Å². The Balaban J connectivity index is 1.40. The van der Waals surface area contributed by atoms with Crippen LogP contribution in [0.1, 0.15) is 66.4 Å². The number of amides is 1. The Labute approximate surface area is 240 Å². The van der Waals surface area contributed by atoms with Gasteiger partial charge in [0.2, 0.25) is 10.0 Å². The molecule has 0 unspecified atom stereocenters. The van der Waals surface area contributed by atoms with Crippen LogP contribution in [-0.4, -0.2) is 62.2 Å². The highest BCUT2D eigenvalue weighted by molar-refractivity contribution is 7.90. The highest BCUT2D eigenvalue weighted by Gasteiger charge is 2.44. The van der Waals surface area contributed by atoms with Gasteiger partial charge in [0.15, 0.2) is 0 Å². The lowest BCUT2D eigenvalue weighted by molar-refractivity contribution is -0.0174. The Kier molecular flexibility index (Phi) is 7.52. The third-order valence-electron chi connectivity index (χ3n) is 9.44. The number of sulfonamides is 1. The number of benzene rings is 2. The first-order valence-electron chi connectivity index (χ1n) is 14.3. The van der Waals surface area contributed by atoms with Crippen molar-refractivity contribution in [1.29, 1.82) is 0 Å². The maximum absolute atomic E-state index is 13.1. The van der Waals surface area contributed by atoms with Gasteiger partial charge in [-0.25, -0.2) is 13.1 Å². The molecule has 2 bridgehead atoms. The van der Waals surface area contributed by atoms with Crippen molar-refractivity contribution in [3.8, 4) is 5.75 Å². The van der Waals surface area contributed by atoms with Crippen LogP contribution in [0.2, 0.25) is 5.02 Å². The fourth-order valence-corrected chi connectivity index (χ4v) is 8.44. The van der Waals surface area contributed by atoms with Crippen LogP contribution >= 0.6 is 11.6 Å². The Morgan fingerprint density at radius 2 is 1.93 bits per heavy atom. The van der Waals surface area contributed by atoms with Gasteiger partial charge in [0.05, 0.1) is 30.3 Å². The number of aliphatic hydroxyl groups excluding tert-OH is 2. The molecule has 2 aromatic rings. The number of rotatable bonds is 0. The molecule has 2 aromatic carbocycles. The molecule has 1 spiro atoms. The molecule has 216 valence electrons. The average Bonchev–Trinajstić information content (AvgIpc) is 3.02. The van der Waals surface area contributed by atoms with Gasteiger partial charge in [0, 0.05) is 29.1 Å². The standard InChI is InChI=1S/C30H37ClN2O6S/c31-22-7-9-25-19(13-22)3-1-11-30(25)17-33-16-21-5-8-24(21)27(35)15-23(34)4-2-12-40(37,38)32-29(36)20-6-10-28(39-18-30)26(33)14-20/h6-7,9-10,13-14,21,23-24,27,34-35H,1-5,8,11-12,15-18H2,(H,32,36)/t21-,23-,24+,27-,30-/m0/s1. The van der Waals surface area contributed by atoms with Crippen molar-refractivity contribution in [2.45, 2.75) is 69.0 Å². The van der Waals surface area contributed by atoms with Crippen molar-refractivity contribution in [3.63, 3.8) is 0 Å². The molecule has 8 nitrogen and oxygen atoms in total. The second kappa shape index (κ2) is 10.8. The lowest BCUT2D eigenvalue weighted by atomic mass is 9.68. The van der Waals surface area contributed by atoms with E-state index in [4.69, 9.17) is 16.3 Å². The third-order valence-corrected chi connectivity index (χ3v) is 11.0. The number of fused-ring (bicyclic) bond motifs is 4. The van der Waals surface area contributed by atoms with Gasteiger partial charge in [-0.1, -0.05) is 17.7 Å². The zero-order valence-corrected chi connectivity index (χ0v) is 24.1. The van der Waals surface area contributed by atoms with Gasteiger partial charge in [-0.2, -0.15) is 0 Å². The molecule has 1 amide bonds. The average molecular weight is 589 g/mol. The summed E-state index contributed by atoms with van der Waals surface area (Å²) in [6.07, 6.45) is 3.99. The molecule has 6 rings (SSSR count). The van der Waals surface area contributed by atoms with Crippen LogP contribution in [-0.2, 0) is 21.9 Å². The zero-order valence-electron chi connectivity index (χ0n) is 22.5. The quantitative estimate of drug-likeness (QED) is 0.429. The van der Waals surface area contributed by atoms with E-state index in [0.29, 0.717) is 25.4 Å². The van der Waals surface area contributed by atoms with Crippen molar-refractivity contribution < 1.29 is 28.2 Å². The van der Waals surface area contributed by atoms with Gasteiger partial charge in [0.25, 0.3) is 5.91 Å². The van der Waals surface area contributed by atoms with E-state index in [1.165, 1.54) is 11.1 Å².